The number of nitriles is 1. The Hall–Kier alpha value is -2.76. The van der Waals surface area contributed by atoms with Gasteiger partial charge in [0.1, 0.15) is 17.4 Å². The normalized spacial score (nSPS) is 15.7. The Kier molecular flexibility index (Phi) is 4.65. The van der Waals surface area contributed by atoms with Gasteiger partial charge < -0.3 is 15.6 Å². The van der Waals surface area contributed by atoms with Crippen LogP contribution in [-0.2, 0) is 0 Å². The molecule has 140 valence electrons. The maximum atomic E-state index is 10.1. The summed E-state index contributed by atoms with van der Waals surface area (Å²) in [5.41, 5.74) is 10.6. The number of nitrogens with two attached hydrogens (primary N) is 1. The summed E-state index contributed by atoms with van der Waals surface area (Å²) in [6.45, 7) is 2.01. The van der Waals surface area contributed by atoms with Crippen LogP contribution >= 0.6 is 31.9 Å². The summed E-state index contributed by atoms with van der Waals surface area (Å²) in [5, 5.41) is 27.1. The van der Waals surface area contributed by atoms with Crippen molar-refractivity contribution in [1.82, 2.24) is 10.2 Å². The Bertz CT molecular complexity index is 1140. The molecule has 8 heteroatoms. The lowest BCUT2D eigenvalue weighted by Gasteiger charge is -2.24. The van der Waals surface area contributed by atoms with Crippen molar-refractivity contribution >= 4 is 31.9 Å². The predicted octanol–water partition coefficient (Wildman–Crippen LogP) is 4.83. The molecule has 0 saturated heterocycles. The van der Waals surface area contributed by atoms with E-state index in [-0.39, 0.29) is 17.2 Å². The molecule has 0 saturated carbocycles. The van der Waals surface area contributed by atoms with Gasteiger partial charge in [0.2, 0.25) is 11.8 Å². The van der Waals surface area contributed by atoms with Crippen molar-refractivity contribution in [2.75, 3.05) is 0 Å². The van der Waals surface area contributed by atoms with Crippen molar-refractivity contribution in [3.8, 4) is 29.0 Å². The minimum absolute atomic E-state index is 0.0160. The Balaban J connectivity index is 1.97. The van der Waals surface area contributed by atoms with Crippen LogP contribution in [0.25, 0.3) is 11.3 Å². The van der Waals surface area contributed by atoms with Crippen molar-refractivity contribution < 1.29 is 9.84 Å². The number of nitrogens with one attached hydrogen (secondary N) is 1. The van der Waals surface area contributed by atoms with Crippen LogP contribution in [0.15, 0.2) is 56.8 Å². The number of aromatic amines is 1. The topological polar surface area (TPSA) is 108 Å². The lowest BCUT2D eigenvalue weighted by molar-refractivity contribution is 0.379. The molecule has 1 aliphatic rings. The second-order valence-corrected chi connectivity index (χ2v) is 8.15. The maximum absolute atomic E-state index is 10.1. The van der Waals surface area contributed by atoms with Crippen LogP contribution in [0.1, 0.15) is 22.6 Å². The van der Waals surface area contributed by atoms with E-state index in [1.165, 1.54) is 0 Å². The predicted molar refractivity (Wildman–Crippen MR) is 112 cm³/mol. The second-order valence-electron chi connectivity index (χ2n) is 6.44. The standard InChI is InChI=1S/C20H14Br2N4O2/c1-9-2-4-10(5-3-9)17-16-15(11-6-13(21)18(27)14(22)7-11)12(8-23)19(24)28-20(16)26-25-17/h2-7,15,27H,24H2,1H3,(H,25,26)/t15-/m1/s1. The molecule has 2 aromatic carbocycles. The van der Waals surface area contributed by atoms with Crippen LogP contribution in [-0.4, -0.2) is 15.3 Å². The molecule has 3 aromatic rings. The Labute approximate surface area is 177 Å². The Morgan fingerprint density at radius 1 is 1.21 bits per heavy atom. The van der Waals surface area contributed by atoms with Gasteiger partial charge in [-0.2, -0.15) is 5.26 Å². The van der Waals surface area contributed by atoms with E-state index < -0.39 is 5.92 Å². The number of allylic oxidation sites excluding steroid dienone is 1. The SMILES string of the molecule is Cc1ccc(-c2[nH]nc3c2[C@H](c2cc(Br)c(O)c(Br)c2)C(C#N)=C(N)O3)cc1. The smallest absolute Gasteiger partial charge is 0.244 e. The number of ether oxygens (including phenoxy) is 1. The summed E-state index contributed by atoms with van der Waals surface area (Å²) in [4.78, 5) is 0. The monoisotopic (exact) mass is 500 g/mol. The summed E-state index contributed by atoms with van der Waals surface area (Å²) in [6, 6.07) is 13.7. The van der Waals surface area contributed by atoms with E-state index in [1.54, 1.807) is 12.1 Å². The van der Waals surface area contributed by atoms with E-state index in [0.717, 1.165) is 27.9 Å². The van der Waals surface area contributed by atoms with Crippen LogP contribution in [0.5, 0.6) is 11.6 Å². The lowest BCUT2D eigenvalue weighted by atomic mass is 9.83. The molecule has 6 nitrogen and oxygen atoms in total. The second kappa shape index (κ2) is 7.00. The number of halogens is 2. The first kappa shape index (κ1) is 18.6. The van der Waals surface area contributed by atoms with E-state index >= 15 is 0 Å². The minimum Gasteiger partial charge on any atom is -0.506 e. The first-order valence-electron chi connectivity index (χ1n) is 8.31. The van der Waals surface area contributed by atoms with Gasteiger partial charge in [-0.25, -0.2) is 0 Å². The van der Waals surface area contributed by atoms with Crippen LogP contribution in [0.2, 0.25) is 0 Å². The summed E-state index contributed by atoms with van der Waals surface area (Å²) >= 11 is 6.72. The van der Waals surface area contributed by atoms with Gasteiger partial charge in [0.25, 0.3) is 0 Å². The number of hydrogen-bond donors (Lipinski definition) is 3. The number of phenols is 1. The van der Waals surface area contributed by atoms with Gasteiger partial charge in [-0.15, -0.1) is 5.10 Å². The van der Waals surface area contributed by atoms with E-state index in [1.807, 2.05) is 31.2 Å². The van der Waals surface area contributed by atoms with E-state index in [4.69, 9.17) is 10.5 Å². The van der Waals surface area contributed by atoms with Gasteiger partial charge in [-0.05, 0) is 56.5 Å². The fourth-order valence-electron chi connectivity index (χ4n) is 3.27. The number of phenolic OH excluding ortho intramolecular Hbond substituents is 1. The van der Waals surface area contributed by atoms with Gasteiger partial charge in [-0.3, -0.25) is 5.10 Å². The molecule has 0 spiro atoms. The number of rotatable bonds is 2. The van der Waals surface area contributed by atoms with Crippen molar-refractivity contribution in [1.29, 1.82) is 5.26 Å². The molecular weight excluding hydrogens is 488 g/mol. The van der Waals surface area contributed by atoms with Crippen LogP contribution in [0, 0.1) is 18.3 Å². The zero-order chi connectivity index (χ0) is 20.0. The molecule has 0 unspecified atom stereocenters. The molecule has 28 heavy (non-hydrogen) atoms. The molecule has 1 aliphatic heterocycles. The quantitative estimate of drug-likeness (QED) is 0.465. The third-order valence-electron chi connectivity index (χ3n) is 4.65. The summed E-state index contributed by atoms with van der Waals surface area (Å²) < 4.78 is 6.62. The summed E-state index contributed by atoms with van der Waals surface area (Å²) in [6.07, 6.45) is 0. The Morgan fingerprint density at radius 3 is 2.46 bits per heavy atom. The zero-order valence-corrected chi connectivity index (χ0v) is 17.8. The molecule has 4 N–H and O–H groups in total. The van der Waals surface area contributed by atoms with Gasteiger partial charge in [0, 0.05) is 5.56 Å². The molecule has 0 aliphatic carbocycles. The van der Waals surface area contributed by atoms with Gasteiger partial charge >= 0.3 is 0 Å². The lowest BCUT2D eigenvalue weighted by Crippen LogP contribution is -2.21. The van der Waals surface area contributed by atoms with Crippen LogP contribution < -0.4 is 10.5 Å². The third-order valence-corrected chi connectivity index (χ3v) is 5.86. The fraction of sp³-hybridized carbons (Fsp3) is 0.100. The number of H-pyrrole nitrogens is 1. The van der Waals surface area contributed by atoms with E-state index in [0.29, 0.717) is 14.8 Å². The number of hydrogen-bond acceptors (Lipinski definition) is 5. The van der Waals surface area contributed by atoms with E-state index in [2.05, 4.69) is 48.1 Å². The average molecular weight is 502 g/mol. The number of aromatic hydroxyl groups is 1. The Morgan fingerprint density at radius 2 is 1.86 bits per heavy atom. The molecular formula is C20H14Br2N4O2. The first-order valence-corrected chi connectivity index (χ1v) is 9.90. The number of aromatic nitrogens is 2. The van der Waals surface area contributed by atoms with Crippen molar-refractivity contribution in [2.24, 2.45) is 5.73 Å². The molecule has 0 amide bonds. The molecule has 4 rings (SSSR count). The molecule has 0 bridgehead atoms. The van der Waals surface area contributed by atoms with Crippen molar-refractivity contribution in [3.63, 3.8) is 0 Å². The highest BCUT2D eigenvalue weighted by Crippen LogP contribution is 2.47. The largest absolute Gasteiger partial charge is 0.506 e. The average Bonchev–Trinajstić information content (AvgIpc) is 3.08. The van der Waals surface area contributed by atoms with Crippen LogP contribution in [0.3, 0.4) is 0 Å². The van der Waals surface area contributed by atoms with Crippen molar-refractivity contribution in [2.45, 2.75) is 12.8 Å². The molecule has 2 heterocycles. The molecule has 0 fully saturated rings. The number of nitrogens with zero attached hydrogens (tertiary/aromatic N) is 2. The van der Waals surface area contributed by atoms with Gasteiger partial charge in [0.05, 0.1) is 26.1 Å². The minimum atomic E-state index is -0.503. The molecule has 1 aromatic heterocycles. The number of aryl methyl sites for hydroxylation is 1. The third kappa shape index (κ3) is 2.97. The highest BCUT2D eigenvalue weighted by atomic mass is 79.9. The molecule has 1 atom stereocenters. The van der Waals surface area contributed by atoms with Crippen LogP contribution in [0.4, 0.5) is 0 Å². The van der Waals surface area contributed by atoms with Gasteiger partial charge in [-0.1, -0.05) is 29.8 Å². The fourth-order valence-corrected chi connectivity index (χ4v) is 4.49. The van der Waals surface area contributed by atoms with E-state index in [9.17, 15) is 10.4 Å². The number of benzene rings is 2. The highest BCUT2D eigenvalue weighted by Gasteiger charge is 2.36. The maximum Gasteiger partial charge on any atom is 0.244 e. The number of fused-ring (bicyclic) bond motifs is 1. The summed E-state index contributed by atoms with van der Waals surface area (Å²) in [5.74, 6) is -0.0749. The zero-order valence-electron chi connectivity index (χ0n) is 14.6. The van der Waals surface area contributed by atoms with Crippen molar-refractivity contribution in [3.05, 3.63) is 73.5 Å². The molecule has 0 radical (unpaired) electrons. The highest BCUT2D eigenvalue weighted by molar-refractivity contribution is 9.11. The first-order chi connectivity index (χ1) is 13.4. The van der Waals surface area contributed by atoms with Gasteiger partial charge in [0.15, 0.2) is 0 Å². The summed E-state index contributed by atoms with van der Waals surface area (Å²) in [7, 11) is 0.